The summed E-state index contributed by atoms with van der Waals surface area (Å²) in [6.45, 7) is 4.90. The standard InChI is InChI=1S/C58H105N25O18/c1-27(2)41(52(98)72-23-40(89)90)80-48(94)35(15-11-19-70-58(65)66)76-53(99)42(28(3)4)81-47(93)33(13-9-17-68-56(61)62)74-39(88)22-71-46(92)36(20-31-21-67-26-73-31)77-51(97)38(25-85)79-54(100)43(29(5)86)83-55(101)44(30(6)87)82-49(95)34(14-10-18-69-57(63)64)75-50(96)37(24-84)78-45(91)32(60)12-7-8-16-59/h21,26-30,32-38,41-44,84-87H,7-20,22-25,59-60H2,1-6H3,(H,67,73)(H,71,92)(H,72,98)(H,74,88)(H,75,96)(H,76,99)(H,77,97)(H,78,91)(H,79,100)(H,80,94)(H,81,93)(H,82,95)(H,83,101)(H,89,90)(H4,61,62,68)(H4,63,64,69)(H4,65,66,70)/t29-,30-,32+,33+,34+,35+,36+,37+,38+,41+,42+,43+,44+/m1/s1. The molecule has 0 saturated heterocycles. The maximum atomic E-state index is 14.2. The number of carboxylic acid groups (broad SMARTS) is 1. The van der Waals surface area contributed by atoms with Crippen LogP contribution < -0.4 is 110 Å². The fourth-order valence-electron chi connectivity index (χ4n) is 9.21. The number of hydrogen-bond acceptors (Lipinski definition) is 23. The Balaban J connectivity index is 3.45. The molecule has 0 saturated carbocycles. The Bertz CT molecular complexity index is 2960. The van der Waals surface area contributed by atoms with Gasteiger partial charge in [0.25, 0.3) is 0 Å². The molecule has 570 valence electrons. The molecule has 0 radical (unpaired) electrons. The molecule has 0 aromatic carbocycles. The smallest absolute Gasteiger partial charge is 0.322 e. The number of aliphatic hydroxyl groups excluding tert-OH is 4. The number of carbonyl (C=O) groups excluding carboxylic acids is 12. The number of carboxylic acids is 1. The van der Waals surface area contributed by atoms with E-state index in [9.17, 15) is 82.8 Å². The zero-order chi connectivity index (χ0) is 76.6. The monoisotopic (exact) mass is 1440 g/mol. The van der Waals surface area contributed by atoms with Crippen molar-refractivity contribution in [3.05, 3.63) is 18.2 Å². The van der Waals surface area contributed by atoms with Crippen LogP contribution in [-0.2, 0) is 68.7 Å². The van der Waals surface area contributed by atoms with Crippen LogP contribution in [0.3, 0.4) is 0 Å². The number of imidazole rings is 1. The topological polar surface area (TPSA) is 741 Å². The van der Waals surface area contributed by atoms with E-state index < -0.39 is 194 Å². The number of unbranched alkanes of at least 4 members (excludes halogenated alkanes) is 1. The number of aliphatic carboxylic acids is 1. The summed E-state index contributed by atoms with van der Waals surface area (Å²) in [6, 6.07) is -17.3. The molecule has 13 atom stereocenters. The van der Waals surface area contributed by atoms with Crippen molar-refractivity contribution in [3.8, 4) is 0 Å². The van der Waals surface area contributed by atoms with E-state index in [1.807, 2.05) is 0 Å². The van der Waals surface area contributed by atoms with Gasteiger partial charge in [-0.3, -0.25) is 77.3 Å². The molecule has 1 heterocycles. The Labute approximate surface area is 582 Å². The number of H-pyrrole nitrogens is 1. The van der Waals surface area contributed by atoms with E-state index in [1.165, 1.54) is 12.5 Å². The Hall–Kier alpha value is -10.1. The quantitative estimate of drug-likeness (QED) is 0.0164. The molecule has 0 aliphatic rings. The summed E-state index contributed by atoms with van der Waals surface area (Å²) in [6.07, 6.45) is -0.498. The molecule has 43 heteroatoms. The molecule has 0 aliphatic carbocycles. The van der Waals surface area contributed by atoms with E-state index in [2.05, 4.69) is 88.7 Å². The molecule has 43 nitrogen and oxygen atoms in total. The third-order valence-corrected chi connectivity index (χ3v) is 14.8. The summed E-state index contributed by atoms with van der Waals surface area (Å²) < 4.78 is 0. The van der Waals surface area contributed by atoms with Gasteiger partial charge in [-0.1, -0.05) is 34.1 Å². The summed E-state index contributed by atoms with van der Waals surface area (Å²) in [5, 5.41) is 79.4. The van der Waals surface area contributed by atoms with Gasteiger partial charge in [-0.25, -0.2) is 4.98 Å². The highest BCUT2D eigenvalue weighted by Gasteiger charge is 2.38. The van der Waals surface area contributed by atoms with Gasteiger partial charge in [0, 0.05) is 37.9 Å². The second kappa shape index (κ2) is 47.0. The normalized spacial score (nSPS) is 14.9. The van der Waals surface area contributed by atoms with Crippen molar-refractivity contribution in [3.63, 3.8) is 0 Å². The first-order valence-electron chi connectivity index (χ1n) is 32.4. The van der Waals surface area contributed by atoms with Gasteiger partial charge in [-0.05, 0) is 83.6 Å². The highest BCUT2D eigenvalue weighted by molar-refractivity contribution is 5.99. The van der Waals surface area contributed by atoms with E-state index in [-0.39, 0.29) is 94.6 Å². The number of guanidine groups is 3. The highest BCUT2D eigenvalue weighted by Crippen LogP contribution is 2.12. The van der Waals surface area contributed by atoms with Crippen LogP contribution in [-0.4, -0.2) is 261 Å². The number of rotatable bonds is 49. The number of amides is 12. The summed E-state index contributed by atoms with van der Waals surface area (Å²) in [7, 11) is 0. The first-order chi connectivity index (χ1) is 47.5. The molecular formula is C58H105N25O18. The Morgan fingerprint density at radius 3 is 1.22 bits per heavy atom. The molecule has 1 rings (SSSR count). The summed E-state index contributed by atoms with van der Waals surface area (Å²) >= 11 is 0. The van der Waals surface area contributed by atoms with Crippen LogP contribution in [0.15, 0.2) is 27.5 Å². The van der Waals surface area contributed by atoms with Gasteiger partial charge in [0.1, 0.15) is 67.0 Å². The van der Waals surface area contributed by atoms with Crippen LogP contribution in [0.25, 0.3) is 0 Å². The van der Waals surface area contributed by atoms with Gasteiger partial charge in [-0.2, -0.15) is 0 Å². The molecule has 34 N–H and O–H groups in total. The van der Waals surface area contributed by atoms with Crippen LogP contribution in [0.1, 0.15) is 105 Å². The van der Waals surface area contributed by atoms with Gasteiger partial charge in [0.05, 0.1) is 44.3 Å². The first kappa shape index (κ1) is 88.9. The van der Waals surface area contributed by atoms with Gasteiger partial charge in [0.2, 0.25) is 70.9 Å². The molecular weight excluding hydrogens is 1330 g/mol. The molecule has 1 aromatic rings. The van der Waals surface area contributed by atoms with Gasteiger partial charge in [-0.15, -0.1) is 0 Å². The SMILES string of the molecule is CC(C)[C@H](NC(=O)[C@H](CCCN=C(N)N)NC(=O)[C@@H](NC(=O)[C@H](CCCN=C(N)N)NC(=O)CNC(=O)[C@H](Cc1cnc[nH]1)NC(=O)[C@H](CO)NC(=O)[C@@H](NC(=O)[C@@H](NC(=O)[C@H](CCCN=C(N)N)NC(=O)[C@H](CO)NC(=O)[C@@H](N)CCCCN)[C@@H](C)O)[C@@H](C)O)C(C)C)C(=O)NCC(=O)O. The number of nitrogens with one attached hydrogen (secondary N) is 13. The number of aliphatic hydroxyl groups is 4. The fourth-order valence-corrected chi connectivity index (χ4v) is 9.21. The minimum atomic E-state index is -2.01. The summed E-state index contributed by atoms with van der Waals surface area (Å²) in [5.74, 6) is -15.9. The minimum absolute atomic E-state index is 0.0132. The Morgan fingerprint density at radius 2 is 0.812 bits per heavy atom. The summed E-state index contributed by atoms with van der Waals surface area (Å²) in [4.78, 5) is 194. The van der Waals surface area contributed by atoms with Crippen molar-refractivity contribution in [2.75, 3.05) is 52.5 Å². The van der Waals surface area contributed by atoms with Crippen molar-refractivity contribution in [2.24, 2.45) is 72.7 Å². The second-order valence-electron chi connectivity index (χ2n) is 24.1. The van der Waals surface area contributed by atoms with Gasteiger partial charge in [0.15, 0.2) is 17.9 Å². The number of nitrogens with two attached hydrogens (primary N) is 8. The lowest BCUT2D eigenvalue weighted by atomic mass is 10.00. The first-order valence-corrected chi connectivity index (χ1v) is 32.4. The number of aromatic nitrogens is 2. The summed E-state index contributed by atoms with van der Waals surface area (Å²) in [5.41, 5.74) is 44.4. The molecule has 0 fully saturated rings. The predicted molar refractivity (Wildman–Crippen MR) is 363 cm³/mol. The number of hydrogen-bond donors (Lipinski definition) is 26. The highest BCUT2D eigenvalue weighted by atomic mass is 16.4. The molecule has 0 spiro atoms. The predicted octanol–water partition coefficient (Wildman–Crippen LogP) is -12.2. The van der Waals surface area contributed by atoms with E-state index in [0.717, 1.165) is 13.8 Å². The average Bonchev–Trinajstić information content (AvgIpc) is 0.916. The van der Waals surface area contributed by atoms with E-state index in [4.69, 9.17) is 51.0 Å². The lowest BCUT2D eigenvalue weighted by molar-refractivity contribution is -0.139. The van der Waals surface area contributed by atoms with E-state index >= 15 is 0 Å². The molecule has 0 bridgehead atoms. The number of nitrogens with zero attached hydrogens (tertiary/aromatic N) is 4. The Morgan fingerprint density at radius 1 is 0.446 bits per heavy atom. The number of aliphatic imine (C=N–C) groups is 3. The fraction of sp³-hybridized carbons (Fsp3) is 0.672. The van der Waals surface area contributed by atoms with Crippen LogP contribution >= 0.6 is 0 Å². The minimum Gasteiger partial charge on any atom is -0.480 e. The molecule has 1 aromatic heterocycles. The van der Waals surface area contributed by atoms with Crippen molar-refractivity contribution >= 4 is 94.7 Å². The number of aromatic amines is 1. The van der Waals surface area contributed by atoms with Crippen molar-refractivity contribution in [1.82, 2.24) is 73.8 Å². The third-order valence-electron chi connectivity index (χ3n) is 14.8. The van der Waals surface area contributed by atoms with E-state index in [1.54, 1.807) is 27.7 Å². The molecule has 101 heavy (non-hydrogen) atoms. The van der Waals surface area contributed by atoms with Crippen LogP contribution in [0, 0.1) is 11.8 Å². The maximum Gasteiger partial charge on any atom is 0.322 e. The zero-order valence-corrected chi connectivity index (χ0v) is 57.5. The molecule has 0 aliphatic heterocycles. The van der Waals surface area contributed by atoms with Crippen LogP contribution in [0.4, 0.5) is 0 Å². The van der Waals surface area contributed by atoms with Crippen molar-refractivity contribution in [2.45, 2.75) is 184 Å². The zero-order valence-electron chi connectivity index (χ0n) is 57.5. The average molecular weight is 1440 g/mol. The van der Waals surface area contributed by atoms with Gasteiger partial charge >= 0.3 is 5.97 Å². The number of carbonyl (C=O) groups is 13. The van der Waals surface area contributed by atoms with Crippen LogP contribution in [0.5, 0.6) is 0 Å². The third kappa shape index (κ3) is 35.0. The maximum absolute atomic E-state index is 14.2. The van der Waals surface area contributed by atoms with Crippen molar-refractivity contribution in [1.29, 1.82) is 0 Å². The van der Waals surface area contributed by atoms with Crippen molar-refractivity contribution < 1.29 is 87.9 Å². The van der Waals surface area contributed by atoms with Crippen LogP contribution in [0.2, 0.25) is 0 Å². The lowest BCUT2D eigenvalue weighted by Crippen LogP contribution is -2.63. The van der Waals surface area contributed by atoms with Gasteiger partial charge < -0.3 is 140 Å². The molecule has 12 amide bonds. The Kier molecular flexibility index (Phi) is 41.4. The van der Waals surface area contributed by atoms with E-state index in [0.29, 0.717) is 19.4 Å². The lowest BCUT2D eigenvalue weighted by Gasteiger charge is -2.29. The largest absolute Gasteiger partial charge is 0.480 e. The second-order valence-corrected chi connectivity index (χ2v) is 24.1. The molecule has 0 unspecified atom stereocenters.